The lowest BCUT2D eigenvalue weighted by atomic mass is 9.86. The van der Waals surface area contributed by atoms with Crippen LogP contribution in [0, 0.1) is 17.8 Å². The zero-order valence-electron chi connectivity index (χ0n) is 13.8. The van der Waals surface area contributed by atoms with E-state index >= 15 is 0 Å². The minimum absolute atomic E-state index is 0.109. The molecule has 0 aromatic rings. The van der Waals surface area contributed by atoms with Crippen LogP contribution in [0.2, 0.25) is 0 Å². The minimum atomic E-state index is -0.613. The SMILES string of the molecule is CC1CC(C)CN(CC(C)NC2CCC(C(=O)O)CC2)C1. The van der Waals surface area contributed by atoms with Crippen LogP contribution in [0.25, 0.3) is 0 Å². The van der Waals surface area contributed by atoms with Crippen LogP contribution >= 0.6 is 0 Å². The van der Waals surface area contributed by atoms with Gasteiger partial charge in [-0.15, -0.1) is 0 Å². The first kappa shape index (κ1) is 16.8. The van der Waals surface area contributed by atoms with Crippen LogP contribution in [0.5, 0.6) is 0 Å². The van der Waals surface area contributed by atoms with Crippen LogP contribution in [0.1, 0.15) is 52.9 Å². The molecule has 0 spiro atoms. The molecule has 2 aliphatic rings. The lowest BCUT2D eigenvalue weighted by Crippen LogP contribution is -2.48. The number of aliphatic carboxylic acids is 1. The molecule has 1 heterocycles. The molecule has 0 radical (unpaired) electrons. The number of rotatable bonds is 5. The number of carbonyl (C=O) groups is 1. The quantitative estimate of drug-likeness (QED) is 0.819. The Labute approximate surface area is 129 Å². The van der Waals surface area contributed by atoms with Crippen LogP contribution in [-0.4, -0.2) is 47.7 Å². The van der Waals surface area contributed by atoms with Crippen molar-refractivity contribution in [3.05, 3.63) is 0 Å². The van der Waals surface area contributed by atoms with Gasteiger partial charge in [0.25, 0.3) is 0 Å². The fourth-order valence-corrected chi connectivity index (χ4v) is 4.29. The molecule has 1 aliphatic carbocycles. The third-order valence-electron chi connectivity index (χ3n) is 5.07. The molecule has 3 atom stereocenters. The summed E-state index contributed by atoms with van der Waals surface area (Å²) in [5.41, 5.74) is 0. The highest BCUT2D eigenvalue weighted by atomic mass is 16.4. The summed E-state index contributed by atoms with van der Waals surface area (Å²) in [6.07, 6.45) is 5.04. The Hall–Kier alpha value is -0.610. The molecule has 1 saturated carbocycles. The second-order valence-electron chi connectivity index (χ2n) is 7.62. The van der Waals surface area contributed by atoms with Crippen molar-refractivity contribution >= 4 is 5.97 Å². The molecule has 2 N–H and O–H groups in total. The zero-order valence-corrected chi connectivity index (χ0v) is 13.8. The highest BCUT2D eigenvalue weighted by Gasteiger charge is 2.27. The van der Waals surface area contributed by atoms with E-state index in [0.717, 1.165) is 44.1 Å². The third-order valence-corrected chi connectivity index (χ3v) is 5.07. The maximum atomic E-state index is 11.0. The standard InChI is InChI=1S/C17H32N2O2/c1-12-8-13(2)10-19(9-12)11-14(3)18-16-6-4-15(5-7-16)17(20)21/h12-16,18H,4-11H2,1-3H3,(H,20,21). The summed E-state index contributed by atoms with van der Waals surface area (Å²) >= 11 is 0. The van der Waals surface area contributed by atoms with E-state index in [2.05, 4.69) is 31.0 Å². The van der Waals surface area contributed by atoms with Crippen LogP contribution in [-0.2, 0) is 4.79 Å². The summed E-state index contributed by atoms with van der Waals surface area (Å²) in [7, 11) is 0. The fourth-order valence-electron chi connectivity index (χ4n) is 4.29. The number of hydrogen-bond acceptors (Lipinski definition) is 3. The maximum absolute atomic E-state index is 11.0. The first-order valence-electron chi connectivity index (χ1n) is 8.65. The summed E-state index contributed by atoms with van der Waals surface area (Å²) in [6.45, 7) is 10.5. The van der Waals surface area contributed by atoms with E-state index in [4.69, 9.17) is 5.11 Å². The average molecular weight is 296 g/mol. The number of piperidine rings is 1. The van der Waals surface area contributed by atoms with Gasteiger partial charge in [0.05, 0.1) is 5.92 Å². The number of nitrogens with one attached hydrogen (secondary N) is 1. The Balaban J connectivity index is 1.70. The minimum Gasteiger partial charge on any atom is -0.481 e. The number of carboxylic acids is 1. The molecular weight excluding hydrogens is 264 g/mol. The molecule has 21 heavy (non-hydrogen) atoms. The average Bonchev–Trinajstić information content (AvgIpc) is 2.37. The molecular formula is C17H32N2O2. The Morgan fingerprint density at radius 3 is 2.29 bits per heavy atom. The van der Waals surface area contributed by atoms with Gasteiger partial charge in [-0.25, -0.2) is 0 Å². The smallest absolute Gasteiger partial charge is 0.306 e. The van der Waals surface area contributed by atoms with E-state index in [0.29, 0.717) is 12.1 Å². The Bertz CT molecular complexity index is 330. The van der Waals surface area contributed by atoms with E-state index in [1.165, 1.54) is 19.5 Å². The molecule has 2 rings (SSSR count). The van der Waals surface area contributed by atoms with Gasteiger partial charge in [0.1, 0.15) is 0 Å². The molecule has 0 aromatic heterocycles. The molecule has 2 fully saturated rings. The normalized spacial score (nSPS) is 36.3. The van der Waals surface area contributed by atoms with Crippen LogP contribution in [0.3, 0.4) is 0 Å². The van der Waals surface area contributed by atoms with Crippen LogP contribution in [0.15, 0.2) is 0 Å². The van der Waals surface area contributed by atoms with Gasteiger partial charge in [-0.05, 0) is 50.9 Å². The van der Waals surface area contributed by atoms with Crippen molar-refractivity contribution in [1.82, 2.24) is 10.2 Å². The molecule has 1 aliphatic heterocycles. The Kier molecular flexibility index (Phi) is 6.06. The maximum Gasteiger partial charge on any atom is 0.306 e. The lowest BCUT2D eigenvalue weighted by molar-refractivity contribution is -0.142. The first-order chi connectivity index (χ1) is 9.94. The molecule has 3 unspecified atom stereocenters. The van der Waals surface area contributed by atoms with E-state index in [9.17, 15) is 4.79 Å². The van der Waals surface area contributed by atoms with Crippen LogP contribution < -0.4 is 5.32 Å². The van der Waals surface area contributed by atoms with Gasteiger partial charge in [0.15, 0.2) is 0 Å². The van der Waals surface area contributed by atoms with Gasteiger partial charge < -0.3 is 15.3 Å². The van der Waals surface area contributed by atoms with Gasteiger partial charge >= 0.3 is 5.97 Å². The van der Waals surface area contributed by atoms with E-state index in [-0.39, 0.29) is 5.92 Å². The van der Waals surface area contributed by atoms with Gasteiger partial charge in [-0.1, -0.05) is 13.8 Å². The van der Waals surface area contributed by atoms with Gasteiger partial charge in [-0.2, -0.15) is 0 Å². The van der Waals surface area contributed by atoms with Crippen molar-refractivity contribution in [2.45, 2.75) is 65.0 Å². The topological polar surface area (TPSA) is 52.6 Å². The molecule has 0 bridgehead atoms. The lowest BCUT2D eigenvalue weighted by Gasteiger charge is -2.37. The van der Waals surface area contributed by atoms with Gasteiger partial charge in [0, 0.05) is 31.7 Å². The second kappa shape index (κ2) is 7.59. The highest BCUT2D eigenvalue weighted by Crippen LogP contribution is 2.25. The summed E-state index contributed by atoms with van der Waals surface area (Å²) < 4.78 is 0. The van der Waals surface area contributed by atoms with E-state index in [1.54, 1.807) is 0 Å². The molecule has 122 valence electrons. The van der Waals surface area contributed by atoms with Gasteiger partial charge in [0.2, 0.25) is 0 Å². The van der Waals surface area contributed by atoms with Gasteiger partial charge in [-0.3, -0.25) is 4.79 Å². The molecule has 1 saturated heterocycles. The molecule has 4 heteroatoms. The predicted octanol–water partition coefficient (Wildman–Crippen LogP) is 2.59. The Morgan fingerprint density at radius 2 is 1.76 bits per heavy atom. The van der Waals surface area contributed by atoms with Crippen molar-refractivity contribution in [1.29, 1.82) is 0 Å². The summed E-state index contributed by atoms with van der Waals surface area (Å²) in [6, 6.07) is 1.00. The number of nitrogens with zero attached hydrogens (tertiary/aromatic N) is 1. The highest BCUT2D eigenvalue weighted by molar-refractivity contribution is 5.70. The number of carboxylic acid groups (broad SMARTS) is 1. The third kappa shape index (κ3) is 5.26. The summed E-state index contributed by atoms with van der Waals surface area (Å²) in [4.78, 5) is 13.6. The van der Waals surface area contributed by atoms with Crippen molar-refractivity contribution in [3.8, 4) is 0 Å². The first-order valence-corrected chi connectivity index (χ1v) is 8.65. The predicted molar refractivity (Wildman–Crippen MR) is 85.4 cm³/mol. The number of hydrogen-bond donors (Lipinski definition) is 2. The summed E-state index contributed by atoms with van der Waals surface area (Å²) in [5.74, 6) is 0.902. The van der Waals surface area contributed by atoms with Crippen molar-refractivity contribution in [3.63, 3.8) is 0 Å². The van der Waals surface area contributed by atoms with E-state index < -0.39 is 5.97 Å². The van der Waals surface area contributed by atoms with E-state index in [1.807, 2.05) is 0 Å². The molecule has 4 nitrogen and oxygen atoms in total. The van der Waals surface area contributed by atoms with Crippen molar-refractivity contribution in [2.24, 2.45) is 17.8 Å². The largest absolute Gasteiger partial charge is 0.481 e. The number of likely N-dealkylation sites (tertiary alicyclic amines) is 1. The summed E-state index contributed by atoms with van der Waals surface area (Å²) in [5, 5.41) is 12.8. The second-order valence-corrected chi connectivity index (χ2v) is 7.62. The zero-order chi connectivity index (χ0) is 15.4. The molecule has 0 aromatic carbocycles. The molecule has 0 amide bonds. The van der Waals surface area contributed by atoms with Crippen molar-refractivity contribution < 1.29 is 9.90 Å². The Morgan fingerprint density at radius 1 is 1.19 bits per heavy atom. The van der Waals surface area contributed by atoms with Crippen molar-refractivity contribution in [2.75, 3.05) is 19.6 Å². The monoisotopic (exact) mass is 296 g/mol. The fraction of sp³-hybridized carbons (Fsp3) is 0.941. The van der Waals surface area contributed by atoms with Crippen LogP contribution in [0.4, 0.5) is 0 Å².